The molecule has 4 nitrogen and oxygen atoms in total. The number of piperidine rings is 1. The van der Waals surface area contributed by atoms with E-state index in [1.165, 1.54) is 18.4 Å². The fourth-order valence-electron chi connectivity index (χ4n) is 2.79. The van der Waals surface area contributed by atoms with Gasteiger partial charge in [-0.25, -0.2) is 0 Å². The second-order valence-electron chi connectivity index (χ2n) is 6.36. The molecule has 1 amide bonds. The molecule has 2 rings (SSSR count). The molecule has 0 spiro atoms. The molecule has 21 heavy (non-hydrogen) atoms. The lowest BCUT2D eigenvalue weighted by Gasteiger charge is -2.28. The highest BCUT2D eigenvalue weighted by molar-refractivity contribution is 5.83. The van der Waals surface area contributed by atoms with Gasteiger partial charge in [-0.3, -0.25) is 4.79 Å². The van der Waals surface area contributed by atoms with Gasteiger partial charge < -0.3 is 15.5 Å². The van der Waals surface area contributed by atoms with Gasteiger partial charge in [-0.15, -0.1) is 0 Å². The van der Waals surface area contributed by atoms with Crippen LogP contribution in [0.5, 0.6) is 0 Å². The Kier molecular flexibility index (Phi) is 5.23. The molecule has 1 aromatic carbocycles. The molecule has 2 N–H and O–H groups in total. The zero-order valence-electron chi connectivity index (χ0n) is 13.5. The third kappa shape index (κ3) is 4.21. The van der Waals surface area contributed by atoms with Crippen molar-refractivity contribution < 1.29 is 4.79 Å². The molecule has 0 bridgehead atoms. The van der Waals surface area contributed by atoms with Gasteiger partial charge in [0.1, 0.15) is 6.04 Å². The van der Waals surface area contributed by atoms with Crippen LogP contribution in [-0.2, 0) is 4.79 Å². The highest BCUT2D eigenvalue weighted by atomic mass is 16.2. The first-order valence-electron chi connectivity index (χ1n) is 7.78. The van der Waals surface area contributed by atoms with E-state index < -0.39 is 0 Å². The van der Waals surface area contributed by atoms with E-state index in [2.05, 4.69) is 41.8 Å². The summed E-state index contributed by atoms with van der Waals surface area (Å²) < 4.78 is 0. The highest BCUT2D eigenvalue weighted by Gasteiger charge is 2.19. The van der Waals surface area contributed by atoms with Crippen molar-refractivity contribution in [3.05, 3.63) is 29.8 Å². The molecule has 4 heteroatoms. The molecule has 1 aromatic rings. The zero-order chi connectivity index (χ0) is 15.4. The maximum atomic E-state index is 11.8. The molecule has 0 saturated carbocycles. The number of hydrogen-bond acceptors (Lipinski definition) is 3. The number of rotatable bonds is 4. The molecule has 0 radical (unpaired) electrons. The molecule has 116 valence electrons. The number of nitrogens with zero attached hydrogens (tertiary/aromatic N) is 1. The lowest BCUT2D eigenvalue weighted by atomic mass is 9.92. The predicted octanol–water partition coefficient (Wildman–Crippen LogP) is 2.64. The summed E-state index contributed by atoms with van der Waals surface area (Å²) in [6.45, 7) is 5.28. The van der Waals surface area contributed by atoms with Gasteiger partial charge in [0.2, 0.25) is 5.91 Å². The zero-order valence-corrected chi connectivity index (χ0v) is 13.5. The van der Waals surface area contributed by atoms with Crippen molar-refractivity contribution in [1.82, 2.24) is 10.2 Å². The number of anilines is 1. The Bertz CT molecular complexity index is 461. The third-order valence-electron chi connectivity index (χ3n) is 4.17. The van der Waals surface area contributed by atoms with Gasteiger partial charge in [0, 0.05) is 25.8 Å². The van der Waals surface area contributed by atoms with Crippen LogP contribution >= 0.6 is 0 Å². The molecule has 3 atom stereocenters. The van der Waals surface area contributed by atoms with E-state index in [1.54, 1.807) is 19.0 Å². The van der Waals surface area contributed by atoms with E-state index in [0.29, 0.717) is 6.04 Å². The summed E-state index contributed by atoms with van der Waals surface area (Å²) in [5, 5.41) is 6.85. The van der Waals surface area contributed by atoms with Crippen LogP contribution in [0.3, 0.4) is 0 Å². The van der Waals surface area contributed by atoms with Crippen molar-refractivity contribution in [3.63, 3.8) is 0 Å². The number of nitrogens with one attached hydrogen (secondary N) is 2. The molecule has 1 saturated heterocycles. The number of carbonyl (C=O) groups excluding carboxylic acids is 1. The van der Waals surface area contributed by atoms with Crippen molar-refractivity contribution in [3.8, 4) is 0 Å². The first-order chi connectivity index (χ1) is 9.97. The first-order valence-corrected chi connectivity index (χ1v) is 7.78. The minimum Gasteiger partial charge on any atom is -0.374 e. The van der Waals surface area contributed by atoms with Crippen LogP contribution in [0.25, 0.3) is 0 Å². The van der Waals surface area contributed by atoms with Crippen molar-refractivity contribution >= 4 is 11.6 Å². The maximum Gasteiger partial charge on any atom is 0.244 e. The first kappa shape index (κ1) is 15.8. The van der Waals surface area contributed by atoms with Crippen LogP contribution in [0.1, 0.15) is 38.3 Å². The molecule has 0 aromatic heterocycles. The van der Waals surface area contributed by atoms with Gasteiger partial charge in [0.05, 0.1) is 0 Å². The normalized spacial score (nSPS) is 23.4. The molecule has 0 unspecified atom stereocenters. The third-order valence-corrected chi connectivity index (χ3v) is 4.17. The smallest absolute Gasteiger partial charge is 0.244 e. The summed E-state index contributed by atoms with van der Waals surface area (Å²) in [5.74, 6) is 0.863. The molecule has 1 fully saturated rings. The minimum absolute atomic E-state index is 0.0852. The largest absolute Gasteiger partial charge is 0.374 e. The topological polar surface area (TPSA) is 44.4 Å². The number of hydrogen-bond donors (Lipinski definition) is 2. The number of likely N-dealkylation sites (N-methyl/N-ethyl adjacent to an activating group) is 1. The standard InChI is InChI=1S/C17H27N3O/c1-12-5-10-16(18-11-12)14-6-8-15(9-7-14)19-13(2)17(21)20(3)4/h6-9,12-13,16,18-19H,5,10-11H2,1-4H3/t12-,13-,16+/m1/s1. The lowest BCUT2D eigenvalue weighted by molar-refractivity contribution is -0.129. The Morgan fingerprint density at radius 2 is 1.95 bits per heavy atom. The SMILES string of the molecule is C[C@@H]1CC[C@@H](c2ccc(N[C@H](C)C(=O)N(C)C)cc2)NC1. The van der Waals surface area contributed by atoms with Crippen molar-refractivity contribution in [2.75, 3.05) is 26.0 Å². The Morgan fingerprint density at radius 1 is 1.29 bits per heavy atom. The molecular weight excluding hydrogens is 262 g/mol. The molecule has 0 aliphatic carbocycles. The van der Waals surface area contributed by atoms with E-state index >= 15 is 0 Å². The maximum absolute atomic E-state index is 11.8. The number of benzene rings is 1. The summed E-state index contributed by atoms with van der Waals surface area (Å²) >= 11 is 0. The average molecular weight is 289 g/mol. The van der Waals surface area contributed by atoms with Gasteiger partial charge in [-0.2, -0.15) is 0 Å². The Morgan fingerprint density at radius 3 is 2.48 bits per heavy atom. The van der Waals surface area contributed by atoms with Crippen LogP contribution in [0.15, 0.2) is 24.3 Å². The van der Waals surface area contributed by atoms with Crippen molar-refractivity contribution in [2.45, 2.75) is 38.8 Å². The summed E-state index contributed by atoms with van der Waals surface area (Å²) in [6.07, 6.45) is 2.48. The minimum atomic E-state index is -0.209. The molecule has 1 aliphatic heterocycles. The number of amides is 1. The predicted molar refractivity (Wildman–Crippen MR) is 87.4 cm³/mol. The molecule has 1 heterocycles. The van der Waals surface area contributed by atoms with E-state index in [1.807, 2.05) is 6.92 Å². The second-order valence-corrected chi connectivity index (χ2v) is 6.36. The highest BCUT2D eigenvalue weighted by Crippen LogP contribution is 2.26. The van der Waals surface area contributed by atoms with Gasteiger partial charge in [0.25, 0.3) is 0 Å². The van der Waals surface area contributed by atoms with Crippen LogP contribution in [0, 0.1) is 5.92 Å². The van der Waals surface area contributed by atoms with E-state index in [4.69, 9.17) is 0 Å². The summed E-state index contributed by atoms with van der Waals surface area (Å²) in [6, 6.07) is 8.70. The number of carbonyl (C=O) groups is 1. The Balaban J connectivity index is 1.94. The fraction of sp³-hybridized carbons (Fsp3) is 0.588. The van der Waals surface area contributed by atoms with Crippen LogP contribution in [0.2, 0.25) is 0 Å². The van der Waals surface area contributed by atoms with E-state index in [9.17, 15) is 4.79 Å². The van der Waals surface area contributed by atoms with Gasteiger partial charge >= 0.3 is 0 Å². The van der Waals surface area contributed by atoms with Crippen molar-refractivity contribution in [2.24, 2.45) is 5.92 Å². The molecular formula is C17H27N3O. The fourth-order valence-corrected chi connectivity index (χ4v) is 2.79. The monoisotopic (exact) mass is 289 g/mol. The van der Waals surface area contributed by atoms with Gasteiger partial charge in [0.15, 0.2) is 0 Å². The van der Waals surface area contributed by atoms with Crippen LogP contribution in [-0.4, -0.2) is 37.5 Å². The van der Waals surface area contributed by atoms with Gasteiger partial charge in [-0.05, 0) is 49.9 Å². The summed E-state index contributed by atoms with van der Waals surface area (Å²) in [7, 11) is 3.55. The van der Waals surface area contributed by atoms with E-state index in [-0.39, 0.29) is 11.9 Å². The Labute approximate surface area is 127 Å². The van der Waals surface area contributed by atoms with Crippen molar-refractivity contribution in [1.29, 1.82) is 0 Å². The summed E-state index contributed by atoms with van der Waals surface area (Å²) in [4.78, 5) is 13.5. The Hall–Kier alpha value is -1.55. The van der Waals surface area contributed by atoms with Gasteiger partial charge in [-0.1, -0.05) is 19.1 Å². The summed E-state index contributed by atoms with van der Waals surface area (Å²) in [5.41, 5.74) is 2.32. The van der Waals surface area contributed by atoms with Crippen LogP contribution < -0.4 is 10.6 Å². The molecule has 1 aliphatic rings. The van der Waals surface area contributed by atoms with Crippen LogP contribution in [0.4, 0.5) is 5.69 Å². The lowest BCUT2D eigenvalue weighted by Crippen LogP contribution is -2.36. The quantitative estimate of drug-likeness (QED) is 0.895. The second kappa shape index (κ2) is 6.94. The average Bonchev–Trinajstić information content (AvgIpc) is 2.48. The van der Waals surface area contributed by atoms with E-state index in [0.717, 1.165) is 18.2 Å².